The molecule has 1 aromatic heterocycles. The number of nitrogens with zero attached hydrogens (tertiary/aromatic N) is 3. The van der Waals surface area contributed by atoms with E-state index in [1.165, 1.54) is 11.3 Å². The monoisotopic (exact) mass is 457 g/mol. The summed E-state index contributed by atoms with van der Waals surface area (Å²) in [6.07, 6.45) is 0. The maximum Gasteiger partial charge on any atom is 0.260 e. The lowest BCUT2D eigenvalue weighted by molar-refractivity contribution is 0.0983. The Balaban J connectivity index is 1.98. The molecule has 0 saturated heterocycles. The van der Waals surface area contributed by atoms with Crippen molar-refractivity contribution < 1.29 is 19.0 Å². The minimum atomic E-state index is -0.123. The molecule has 0 N–H and O–H groups in total. The van der Waals surface area contributed by atoms with Crippen LogP contribution in [0.1, 0.15) is 31.1 Å². The first kappa shape index (κ1) is 23.8. The van der Waals surface area contributed by atoms with Gasteiger partial charge in [-0.2, -0.15) is 0 Å². The van der Waals surface area contributed by atoms with Crippen LogP contribution in [0.5, 0.6) is 17.2 Å². The number of carbonyl (C=O) groups excluding carboxylic acids is 1. The van der Waals surface area contributed by atoms with Crippen LogP contribution in [0.3, 0.4) is 0 Å². The van der Waals surface area contributed by atoms with Gasteiger partial charge in [0.2, 0.25) is 0 Å². The fourth-order valence-corrected chi connectivity index (χ4v) is 4.47. The van der Waals surface area contributed by atoms with Crippen LogP contribution in [-0.4, -0.2) is 62.8 Å². The molecule has 172 valence electrons. The van der Waals surface area contributed by atoms with E-state index < -0.39 is 0 Å². The Morgan fingerprint density at radius 2 is 1.72 bits per heavy atom. The molecule has 8 heteroatoms. The number of likely N-dealkylation sites (N-methyl/N-ethyl adjacent to an activating group) is 1. The molecule has 7 nitrogen and oxygen atoms in total. The summed E-state index contributed by atoms with van der Waals surface area (Å²) in [6.45, 7) is 9.94. The van der Waals surface area contributed by atoms with Crippen molar-refractivity contribution in [2.75, 3.05) is 51.9 Å². The van der Waals surface area contributed by atoms with Crippen LogP contribution in [0.25, 0.3) is 10.2 Å². The van der Waals surface area contributed by atoms with Gasteiger partial charge >= 0.3 is 0 Å². The molecule has 0 aliphatic carbocycles. The van der Waals surface area contributed by atoms with Gasteiger partial charge in [-0.15, -0.1) is 0 Å². The number of hydrogen-bond acceptors (Lipinski definition) is 7. The Labute approximate surface area is 193 Å². The number of amides is 1. The number of methoxy groups -OCH3 is 2. The normalized spacial score (nSPS) is 11.1. The van der Waals surface area contributed by atoms with E-state index in [1.54, 1.807) is 37.3 Å². The third-order valence-corrected chi connectivity index (χ3v) is 6.34. The molecule has 0 fully saturated rings. The highest BCUT2D eigenvalue weighted by atomic mass is 32.1. The minimum Gasteiger partial charge on any atom is -0.494 e. The Hall–Kier alpha value is -2.84. The molecule has 3 rings (SSSR count). The summed E-state index contributed by atoms with van der Waals surface area (Å²) in [5.74, 6) is 1.79. The van der Waals surface area contributed by atoms with Crippen LogP contribution in [0.15, 0.2) is 36.4 Å². The Morgan fingerprint density at radius 3 is 2.38 bits per heavy atom. The highest BCUT2D eigenvalue weighted by Crippen LogP contribution is 2.33. The summed E-state index contributed by atoms with van der Waals surface area (Å²) in [4.78, 5) is 22.4. The maximum absolute atomic E-state index is 13.6. The van der Waals surface area contributed by atoms with Crippen molar-refractivity contribution >= 4 is 32.6 Å². The number of rotatable bonds is 11. The zero-order valence-electron chi connectivity index (χ0n) is 19.4. The molecule has 0 unspecified atom stereocenters. The van der Waals surface area contributed by atoms with Crippen molar-refractivity contribution in [2.45, 2.75) is 20.8 Å². The average Bonchev–Trinajstić information content (AvgIpc) is 3.24. The van der Waals surface area contributed by atoms with Gasteiger partial charge in [0.05, 0.1) is 31.0 Å². The zero-order valence-corrected chi connectivity index (χ0v) is 20.2. The van der Waals surface area contributed by atoms with Gasteiger partial charge in [0, 0.05) is 18.7 Å². The van der Waals surface area contributed by atoms with Crippen LogP contribution >= 0.6 is 11.3 Å². The Morgan fingerprint density at radius 1 is 0.969 bits per heavy atom. The third kappa shape index (κ3) is 5.31. The summed E-state index contributed by atoms with van der Waals surface area (Å²) in [6, 6.07) is 11.0. The second-order valence-corrected chi connectivity index (χ2v) is 8.12. The molecule has 0 spiro atoms. The van der Waals surface area contributed by atoms with Crippen LogP contribution in [-0.2, 0) is 0 Å². The molecule has 0 bridgehead atoms. The fourth-order valence-electron chi connectivity index (χ4n) is 3.46. The van der Waals surface area contributed by atoms with Crippen molar-refractivity contribution in [2.24, 2.45) is 0 Å². The molecular formula is C24H31N3O4S. The summed E-state index contributed by atoms with van der Waals surface area (Å²) >= 11 is 1.49. The highest BCUT2D eigenvalue weighted by molar-refractivity contribution is 7.22. The number of benzene rings is 2. The summed E-state index contributed by atoms with van der Waals surface area (Å²) in [5, 5.41) is 0.667. The summed E-state index contributed by atoms with van der Waals surface area (Å²) in [5.41, 5.74) is 1.37. The highest BCUT2D eigenvalue weighted by Gasteiger charge is 2.23. The smallest absolute Gasteiger partial charge is 0.260 e. The van der Waals surface area contributed by atoms with Crippen molar-refractivity contribution in [3.63, 3.8) is 0 Å². The van der Waals surface area contributed by atoms with Crippen LogP contribution in [0.2, 0.25) is 0 Å². The number of carbonyl (C=O) groups is 1. The number of aromatic nitrogens is 1. The number of ether oxygens (including phenoxy) is 3. The van der Waals surface area contributed by atoms with E-state index in [4.69, 9.17) is 19.2 Å². The van der Waals surface area contributed by atoms with Crippen molar-refractivity contribution in [3.8, 4) is 17.2 Å². The minimum absolute atomic E-state index is 0.123. The lowest BCUT2D eigenvalue weighted by Crippen LogP contribution is -2.38. The number of thiazole rings is 1. The molecule has 0 atom stereocenters. The molecule has 2 aromatic carbocycles. The van der Waals surface area contributed by atoms with E-state index in [0.29, 0.717) is 35.3 Å². The van der Waals surface area contributed by atoms with Crippen molar-refractivity contribution in [3.05, 3.63) is 42.0 Å². The molecule has 0 saturated carbocycles. The first-order valence-electron chi connectivity index (χ1n) is 10.8. The predicted octanol–water partition coefficient (Wildman–Crippen LogP) is 4.70. The molecule has 0 radical (unpaired) electrons. The van der Waals surface area contributed by atoms with E-state index >= 15 is 0 Å². The van der Waals surface area contributed by atoms with Crippen molar-refractivity contribution in [1.82, 2.24) is 9.88 Å². The fraction of sp³-hybridized carbons (Fsp3) is 0.417. The second kappa shape index (κ2) is 11.2. The van der Waals surface area contributed by atoms with Gasteiger partial charge in [0.15, 0.2) is 16.6 Å². The second-order valence-electron chi connectivity index (χ2n) is 7.11. The molecule has 1 heterocycles. The van der Waals surface area contributed by atoms with E-state index in [2.05, 4.69) is 18.7 Å². The zero-order chi connectivity index (χ0) is 23.1. The number of hydrogen-bond donors (Lipinski definition) is 0. The topological polar surface area (TPSA) is 64.1 Å². The first-order chi connectivity index (χ1) is 15.5. The van der Waals surface area contributed by atoms with Crippen LogP contribution < -0.4 is 19.1 Å². The van der Waals surface area contributed by atoms with Gasteiger partial charge in [0.1, 0.15) is 5.75 Å². The quantitative estimate of drug-likeness (QED) is 0.416. The Bertz CT molecular complexity index is 1050. The van der Waals surface area contributed by atoms with E-state index in [-0.39, 0.29) is 5.91 Å². The molecule has 1 amide bonds. The largest absolute Gasteiger partial charge is 0.494 e. The van der Waals surface area contributed by atoms with Gasteiger partial charge < -0.3 is 19.1 Å². The predicted molar refractivity (Wildman–Crippen MR) is 130 cm³/mol. The van der Waals surface area contributed by atoms with Gasteiger partial charge in [-0.3, -0.25) is 9.69 Å². The lowest BCUT2D eigenvalue weighted by atomic mass is 10.1. The van der Waals surface area contributed by atoms with E-state index in [1.807, 2.05) is 25.1 Å². The third-order valence-electron chi connectivity index (χ3n) is 5.30. The van der Waals surface area contributed by atoms with Crippen LogP contribution in [0, 0.1) is 0 Å². The van der Waals surface area contributed by atoms with Gasteiger partial charge in [0.25, 0.3) is 5.91 Å². The molecule has 32 heavy (non-hydrogen) atoms. The SMILES string of the molecule is CCOc1ccc2nc(N(CCN(CC)CC)C(=O)c3ccc(OC)c(OC)c3)sc2c1. The van der Waals surface area contributed by atoms with Crippen LogP contribution in [0.4, 0.5) is 5.13 Å². The van der Waals surface area contributed by atoms with E-state index in [0.717, 1.165) is 35.6 Å². The molecule has 3 aromatic rings. The van der Waals surface area contributed by atoms with Gasteiger partial charge in [-0.1, -0.05) is 25.2 Å². The van der Waals surface area contributed by atoms with Gasteiger partial charge in [-0.25, -0.2) is 4.98 Å². The molecular weight excluding hydrogens is 426 g/mol. The molecule has 0 aliphatic heterocycles. The summed E-state index contributed by atoms with van der Waals surface area (Å²) in [7, 11) is 3.14. The molecule has 0 aliphatic rings. The summed E-state index contributed by atoms with van der Waals surface area (Å²) < 4.78 is 17.3. The van der Waals surface area contributed by atoms with Gasteiger partial charge in [-0.05, 0) is 56.4 Å². The maximum atomic E-state index is 13.6. The van der Waals surface area contributed by atoms with E-state index in [9.17, 15) is 4.79 Å². The first-order valence-corrected chi connectivity index (χ1v) is 11.7. The average molecular weight is 458 g/mol. The standard InChI is InChI=1S/C24H31N3O4S/c1-6-26(7-2)13-14-27(23(28)17-9-12-20(29-4)21(15-17)30-5)24-25-19-11-10-18(31-8-3)16-22(19)32-24/h9-12,15-16H,6-8,13-14H2,1-5H3. The number of fused-ring (bicyclic) bond motifs is 1. The Kier molecular flexibility index (Phi) is 8.30. The number of anilines is 1. The van der Waals surface area contributed by atoms with Crippen molar-refractivity contribution in [1.29, 1.82) is 0 Å². The lowest BCUT2D eigenvalue weighted by Gasteiger charge is -2.25.